The second-order valence-electron chi connectivity index (χ2n) is 7.98. The zero-order valence-electron chi connectivity index (χ0n) is 16.8. The molecule has 1 aromatic carbocycles. The number of nitrogens with zero attached hydrogens (tertiary/aromatic N) is 4. The second kappa shape index (κ2) is 7.59. The van der Waals surface area contributed by atoms with Crippen LogP contribution >= 0.6 is 0 Å². The van der Waals surface area contributed by atoms with Crippen molar-refractivity contribution in [3.8, 4) is 0 Å². The molecule has 0 saturated carbocycles. The number of benzene rings is 1. The SMILES string of the molecule is Cc1cc(C(=O)N2CCC3(CC2)C[C@@H](N(C)c2ccc(F)cc2)CO3)nc(N)n1. The number of aromatic nitrogens is 2. The Morgan fingerprint density at radius 1 is 1.28 bits per heavy atom. The molecular formula is C21H26FN5O2. The molecule has 2 N–H and O–H groups in total. The van der Waals surface area contributed by atoms with Crippen LogP contribution in [0.2, 0.25) is 0 Å². The van der Waals surface area contributed by atoms with Gasteiger partial charge in [0.05, 0.1) is 18.2 Å². The minimum atomic E-state index is -0.237. The van der Waals surface area contributed by atoms with E-state index in [9.17, 15) is 9.18 Å². The first kappa shape index (κ1) is 19.6. The maximum Gasteiger partial charge on any atom is 0.272 e. The lowest BCUT2D eigenvalue weighted by Gasteiger charge is -2.39. The van der Waals surface area contributed by atoms with Gasteiger partial charge in [-0.3, -0.25) is 4.79 Å². The Bertz CT molecular complexity index is 876. The smallest absolute Gasteiger partial charge is 0.272 e. The Balaban J connectivity index is 1.38. The van der Waals surface area contributed by atoms with Crippen molar-refractivity contribution < 1.29 is 13.9 Å². The molecule has 0 aliphatic carbocycles. The third-order valence-electron chi connectivity index (χ3n) is 6.02. The Hall–Kier alpha value is -2.74. The molecule has 0 unspecified atom stereocenters. The highest BCUT2D eigenvalue weighted by Crippen LogP contribution is 2.38. The molecule has 0 bridgehead atoms. The summed E-state index contributed by atoms with van der Waals surface area (Å²) in [5.41, 5.74) is 7.46. The first-order valence-corrected chi connectivity index (χ1v) is 9.88. The fraction of sp³-hybridized carbons (Fsp3) is 0.476. The molecule has 2 aliphatic heterocycles. The number of carbonyl (C=O) groups is 1. The molecule has 8 heteroatoms. The van der Waals surface area contributed by atoms with Gasteiger partial charge >= 0.3 is 0 Å². The number of anilines is 2. The van der Waals surface area contributed by atoms with Crippen molar-refractivity contribution in [3.63, 3.8) is 0 Å². The van der Waals surface area contributed by atoms with E-state index in [1.165, 1.54) is 12.1 Å². The average molecular weight is 399 g/mol. The summed E-state index contributed by atoms with van der Waals surface area (Å²) >= 11 is 0. The van der Waals surface area contributed by atoms with Crippen LogP contribution in [-0.4, -0.2) is 59.2 Å². The normalized spacial score (nSPS) is 20.8. The summed E-state index contributed by atoms with van der Waals surface area (Å²) in [6.45, 7) is 3.66. The lowest BCUT2D eigenvalue weighted by Crippen LogP contribution is -2.47. The van der Waals surface area contributed by atoms with Crippen LogP contribution in [0.1, 0.15) is 35.4 Å². The monoisotopic (exact) mass is 399 g/mol. The van der Waals surface area contributed by atoms with E-state index in [1.807, 2.05) is 11.9 Å². The summed E-state index contributed by atoms with van der Waals surface area (Å²) < 4.78 is 19.4. The number of piperidine rings is 1. The molecule has 4 rings (SSSR count). The Morgan fingerprint density at radius 2 is 1.97 bits per heavy atom. The predicted molar refractivity (Wildman–Crippen MR) is 108 cm³/mol. The van der Waals surface area contributed by atoms with E-state index in [4.69, 9.17) is 10.5 Å². The van der Waals surface area contributed by atoms with Gasteiger partial charge in [-0.05, 0) is 56.5 Å². The van der Waals surface area contributed by atoms with Crippen LogP contribution in [0.4, 0.5) is 16.0 Å². The molecule has 1 spiro atoms. The number of amides is 1. The van der Waals surface area contributed by atoms with Gasteiger partial charge in [-0.2, -0.15) is 0 Å². The number of hydrogen-bond acceptors (Lipinski definition) is 6. The molecule has 1 atom stereocenters. The van der Waals surface area contributed by atoms with E-state index in [1.54, 1.807) is 25.1 Å². The first-order valence-electron chi connectivity index (χ1n) is 9.88. The third kappa shape index (κ3) is 4.03. The molecule has 3 heterocycles. The van der Waals surface area contributed by atoms with Gasteiger partial charge < -0.3 is 20.3 Å². The van der Waals surface area contributed by atoms with Crippen molar-refractivity contribution in [1.82, 2.24) is 14.9 Å². The highest BCUT2D eigenvalue weighted by Gasteiger charge is 2.44. The van der Waals surface area contributed by atoms with Crippen LogP contribution in [-0.2, 0) is 4.74 Å². The molecule has 1 amide bonds. The van der Waals surface area contributed by atoms with Crippen molar-refractivity contribution in [1.29, 1.82) is 0 Å². The molecule has 1 aromatic heterocycles. The molecule has 2 fully saturated rings. The number of rotatable bonds is 3. The number of carbonyl (C=O) groups excluding carboxylic acids is 1. The van der Waals surface area contributed by atoms with Crippen LogP contribution < -0.4 is 10.6 Å². The number of nitrogens with two attached hydrogens (primary N) is 1. The number of halogens is 1. The van der Waals surface area contributed by atoms with Gasteiger partial charge in [0, 0.05) is 31.5 Å². The van der Waals surface area contributed by atoms with Gasteiger partial charge in [0.15, 0.2) is 0 Å². The van der Waals surface area contributed by atoms with Crippen molar-refractivity contribution >= 4 is 17.5 Å². The number of ether oxygens (including phenoxy) is 1. The summed E-state index contributed by atoms with van der Waals surface area (Å²) in [6.07, 6.45) is 2.46. The molecule has 154 valence electrons. The second-order valence-corrected chi connectivity index (χ2v) is 7.98. The van der Waals surface area contributed by atoms with Crippen LogP contribution in [0, 0.1) is 12.7 Å². The standard InChI is InChI=1S/C21H26FN5O2/c1-14-11-18(25-20(23)24-14)19(28)27-9-7-21(8-10-27)12-17(13-29-21)26(2)16-5-3-15(22)4-6-16/h3-6,11,17H,7-10,12-13H2,1-2H3,(H2,23,24,25)/t17-/m1/s1. The molecule has 2 aromatic rings. The van der Waals surface area contributed by atoms with Crippen molar-refractivity contribution in [2.75, 3.05) is 37.4 Å². The van der Waals surface area contributed by atoms with E-state index in [0.29, 0.717) is 31.1 Å². The molecule has 0 radical (unpaired) electrons. The summed E-state index contributed by atoms with van der Waals surface area (Å²) in [7, 11) is 2.01. The third-order valence-corrected chi connectivity index (χ3v) is 6.02. The fourth-order valence-corrected chi connectivity index (χ4v) is 4.28. The minimum Gasteiger partial charge on any atom is -0.373 e. The van der Waals surface area contributed by atoms with E-state index < -0.39 is 0 Å². The van der Waals surface area contributed by atoms with E-state index in [-0.39, 0.29) is 29.3 Å². The maximum absolute atomic E-state index is 13.2. The van der Waals surface area contributed by atoms with Crippen molar-refractivity contribution in [3.05, 3.63) is 47.5 Å². The fourth-order valence-electron chi connectivity index (χ4n) is 4.28. The lowest BCUT2D eigenvalue weighted by molar-refractivity contribution is -0.0389. The van der Waals surface area contributed by atoms with Gasteiger partial charge in [0.2, 0.25) is 5.95 Å². The summed E-state index contributed by atoms with van der Waals surface area (Å²) in [5.74, 6) is -0.235. The van der Waals surface area contributed by atoms with Crippen LogP contribution in [0.15, 0.2) is 30.3 Å². The highest BCUT2D eigenvalue weighted by molar-refractivity contribution is 5.92. The highest BCUT2D eigenvalue weighted by atomic mass is 19.1. The number of aryl methyl sites for hydroxylation is 1. The van der Waals surface area contributed by atoms with Gasteiger partial charge in [0.25, 0.3) is 5.91 Å². The zero-order valence-corrected chi connectivity index (χ0v) is 16.8. The van der Waals surface area contributed by atoms with E-state index in [2.05, 4.69) is 14.9 Å². The van der Waals surface area contributed by atoms with E-state index >= 15 is 0 Å². The molecular weight excluding hydrogens is 373 g/mol. The van der Waals surface area contributed by atoms with Gasteiger partial charge in [-0.15, -0.1) is 0 Å². The topological polar surface area (TPSA) is 84.6 Å². The van der Waals surface area contributed by atoms with Gasteiger partial charge in [0.1, 0.15) is 11.5 Å². The molecule has 2 aliphatic rings. The molecule has 7 nitrogen and oxygen atoms in total. The van der Waals surface area contributed by atoms with E-state index in [0.717, 1.165) is 24.9 Å². The van der Waals surface area contributed by atoms with Crippen molar-refractivity contribution in [2.24, 2.45) is 0 Å². The van der Waals surface area contributed by atoms with Crippen LogP contribution in [0.5, 0.6) is 0 Å². The Kier molecular flexibility index (Phi) is 5.12. The van der Waals surface area contributed by atoms with Gasteiger partial charge in [-0.1, -0.05) is 0 Å². The quantitative estimate of drug-likeness (QED) is 0.853. The van der Waals surface area contributed by atoms with Gasteiger partial charge in [-0.25, -0.2) is 14.4 Å². The first-order chi connectivity index (χ1) is 13.8. The van der Waals surface area contributed by atoms with Crippen LogP contribution in [0.3, 0.4) is 0 Å². The maximum atomic E-state index is 13.2. The summed E-state index contributed by atoms with van der Waals surface area (Å²) in [6, 6.07) is 8.43. The van der Waals surface area contributed by atoms with Crippen molar-refractivity contribution in [2.45, 2.75) is 37.8 Å². The number of hydrogen-bond donors (Lipinski definition) is 1. The molecule has 29 heavy (non-hydrogen) atoms. The lowest BCUT2D eigenvalue weighted by atomic mass is 9.87. The minimum absolute atomic E-state index is 0.116. The Morgan fingerprint density at radius 3 is 2.62 bits per heavy atom. The van der Waals surface area contributed by atoms with Crippen LogP contribution in [0.25, 0.3) is 0 Å². The largest absolute Gasteiger partial charge is 0.373 e. The summed E-state index contributed by atoms with van der Waals surface area (Å²) in [5, 5.41) is 0. The Labute approximate surface area is 169 Å². The number of likely N-dealkylation sites (tertiary alicyclic amines) is 1. The summed E-state index contributed by atoms with van der Waals surface area (Å²) in [4.78, 5) is 24.9. The zero-order chi connectivity index (χ0) is 20.6. The number of nitrogen functional groups attached to an aromatic ring is 1. The number of likely N-dealkylation sites (N-methyl/N-ethyl adjacent to an activating group) is 1. The average Bonchev–Trinajstić information content (AvgIpc) is 3.11. The predicted octanol–water partition coefficient (Wildman–Crippen LogP) is 2.41. The molecule has 2 saturated heterocycles.